The lowest BCUT2D eigenvalue weighted by Gasteiger charge is -2.15. The van der Waals surface area contributed by atoms with Crippen molar-refractivity contribution in [2.45, 2.75) is 48.0 Å². The maximum absolute atomic E-state index is 13.0. The van der Waals surface area contributed by atoms with E-state index in [-0.39, 0.29) is 0 Å². The fourth-order valence-corrected chi connectivity index (χ4v) is 6.63. The quantitative estimate of drug-likeness (QED) is 0.497. The molecular weight excluding hydrogens is 428 g/mol. The summed E-state index contributed by atoms with van der Waals surface area (Å²) in [5.74, 6) is 1.31. The molecule has 8 heteroatoms. The molecule has 6 nitrogen and oxygen atoms in total. The van der Waals surface area contributed by atoms with E-state index in [9.17, 15) is 13.7 Å². The van der Waals surface area contributed by atoms with Crippen molar-refractivity contribution in [3.05, 3.63) is 53.6 Å². The number of hydrogen-bond acceptors (Lipinski definition) is 5. The van der Waals surface area contributed by atoms with Crippen LogP contribution in [0.2, 0.25) is 0 Å². The summed E-state index contributed by atoms with van der Waals surface area (Å²) in [7, 11) is -3.47. The van der Waals surface area contributed by atoms with Gasteiger partial charge in [0.1, 0.15) is 0 Å². The highest BCUT2D eigenvalue weighted by molar-refractivity contribution is 7.98. The third-order valence-corrected chi connectivity index (χ3v) is 8.94. The van der Waals surface area contributed by atoms with Crippen LogP contribution in [0.15, 0.2) is 52.5 Å². The fraction of sp³-hybridized carbons (Fsp3) is 0.391. The SMILES string of the molecule is N#Cc1ccccc1CSc1nc2cc(S(=O)(=O)N3CCCC3)ccc2n1CC1CC1. The van der Waals surface area contributed by atoms with Gasteiger partial charge in [-0.05, 0) is 61.4 Å². The van der Waals surface area contributed by atoms with Gasteiger partial charge in [-0.25, -0.2) is 13.4 Å². The van der Waals surface area contributed by atoms with Gasteiger partial charge in [0.25, 0.3) is 0 Å². The average molecular weight is 453 g/mol. The van der Waals surface area contributed by atoms with E-state index in [2.05, 4.69) is 10.6 Å². The molecule has 2 aromatic carbocycles. The average Bonchev–Trinajstić information content (AvgIpc) is 3.29. The van der Waals surface area contributed by atoms with Crippen molar-refractivity contribution in [3.63, 3.8) is 0 Å². The summed E-state index contributed by atoms with van der Waals surface area (Å²) in [5, 5.41) is 10.2. The van der Waals surface area contributed by atoms with Crippen molar-refractivity contribution in [2.75, 3.05) is 13.1 Å². The normalized spacial score (nSPS) is 17.3. The molecule has 1 aliphatic heterocycles. The zero-order valence-electron chi connectivity index (χ0n) is 17.2. The zero-order chi connectivity index (χ0) is 21.4. The van der Waals surface area contributed by atoms with Crippen LogP contribution in [0, 0.1) is 17.2 Å². The van der Waals surface area contributed by atoms with E-state index in [0.717, 1.165) is 41.1 Å². The third-order valence-electron chi connectivity index (χ3n) is 6.02. The molecule has 1 aliphatic carbocycles. The first-order valence-corrected chi connectivity index (χ1v) is 13.1. The minimum absolute atomic E-state index is 0.323. The monoisotopic (exact) mass is 452 g/mol. The molecule has 0 atom stereocenters. The Hall–Kier alpha value is -2.34. The van der Waals surface area contributed by atoms with Crippen molar-refractivity contribution >= 4 is 32.8 Å². The summed E-state index contributed by atoms with van der Waals surface area (Å²) in [5.41, 5.74) is 3.36. The van der Waals surface area contributed by atoms with Crippen molar-refractivity contribution in [1.82, 2.24) is 13.9 Å². The molecule has 160 valence electrons. The number of aromatic nitrogens is 2. The maximum atomic E-state index is 13.0. The molecule has 1 saturated carbocycles. The number of nitriles is 1. The molecule has 0 amide bonds. The second-order valence-electron chi connectivity index (χ2n) is 8.27. The van der Waals surface area contributed by atoms with Crippen LogP contribution in [-0.4, -0.2) is 35.4 Å². The Morgan fingerprint density at radius 3 is 2.65 bits per heavy atom. The van der Waals surface area contributed by atoms with E-state index in [1.807, 2.05) is 30.3 Å². The Labute approximate surface area is 186 Å². The third kappa shape index (κ3) is 4.10. The highest BCUT2D eigenvalue weighted by Crippen LogP contribution is 2.36. The van der Waals surface area contributed by atoms with Crippen LogP contribution < -0.4 is 0 Å². The zero-order valence-corrected chi connectivity index (χ0v) is 18.8. The minimum atomic E-state index is -3.47. The topological polar surface area (TPSA) is 79.0 Å². The molecule has 0 radical (unpaired) electrons. The van der Waals surface area contributed by atoms with E-state index in [1.165, 1.54) is 12.8 Å². The van der Waals surface area contributed by atoms with Crippen LogP contribution >= 0.6 is 11.8 Å². The Bertz CT molecular complexity index is 1270. The Morgan fingerprint density at radius 2 is 1.90 bits per heavy atom. The van der Waals surface area contributed by atoms with E-state index >= 15 is 0 Å². The number of nitrogens with zero attached hydrogens (tertiary/aromatic N) is 4. The van der Waals surface area contributed by atoms with E-state index in [0.29, 0.717) is 35.2 Å². The molecule has 0 spiro atoms. The summed E-state index contributed by atoms with van der Waals surface area (Å²) in [4.78, 5) is 5.15. The number of benzene rings is 2. The molecule has 2 fully saturated rings. The first kappa shape index (κ1) is 20.6. The van der Waals surface area contributed by atoms with Gasteiger partial charge in [0.15, 0.2) is 5.16 Å². The van der Waals surface area contributed by atoms with E-state index < -0.39 is 10.0 Å². The lowest BCUT2D eigenvalue weighted by molar-refractivity contribution is 0.477. The fourth-order valence-electron chi connectivity index (χ4n) is 4.07. The second kappa shape index (κ2) is 8.30. The van der Waals surface area contributed by atoms with Gasteiger partial charge in [-0.15, -0.1) is 0 Å². The van der Waals surface area contributed by atoms with Crippen LogP contribution in [0.1, 0.15) is 36.8 Å². The number of rotatable bonds is 7. The molecule has 2 heterocycles. The predicted octanol–water partition coefficient (Wildman–Crippen LogP) is 4.39. The Morgan fingerprint density at radius 1 is 1.13 bits per heavy atom. The van der Waals surface area contributed by atoms with Gasteiger partial charge in [0, 0.05) is 25.4 Å². The summed E-state index contributed by atoms with van der Waals surface area (Å²) in [6.07, 6.45) is 4.29. The molecule has 31 heavy (non-hydrogen) atoms. The molecular formula is C23H24N4O2S2. The summed E-state index contributed by atoms with van der Waals surface area (Å²) >= 11 is 1.60. The van der Waals surface area contributed by atoms with Crippen molar-refractivity contribution < 1.29 is 8.42 Å². The molecule has 1 aromatic heterocycles. The minimum Gasteiger partial charge on any atom is -0.319 e. The molecule has 2 aliphatic rings. The van der Waals surface area contributed by atoms with E-state index in [4.69, 9.17) is 4.98 Å². The lowest BCUT2D eigenvalue weighted by atomic mass is 10.1. The standard InChI is InChI=1S/C23H24N4O2S2/c24-14-18-5-1-2-6-19(18)16-30-23-25-21-13-20(31(28,29)26-11-3-4-12-26)9-10-22(21)27(23)15-17-7-8-17/h1-2,5-6,9-10,13,17H,3-4,7-8,11-12,15-16H2. The number of hydrogen-bond donors (Lipinski definition) is 0. The van der Waals surface area contributed by atoms with Crippen LogP contribution in [0.4, 0.5) is 0 Å². The molecule has 0 unspecified atom stereocenters. The van der Waals surface area contributed by atoms with Crippen molar-refractivity contribution in [2.24, 2.45) is 5.92 Å². The number of imidazole rings is 1. The maximum Gasteiger partial charge on any atom is 0.243 e. The Kier molecular flexibility index (Phi) is 5.51. The van der Waals surface area contributed by atoms with E-state index in [1.54, 1.807) is 28.2 Å². The number of thioether (sulfide) groups is 1. The largest absolute Gasteiger partial charge is 0.319 e. The van der Waals surface area contributed by atoms with Gasteiger partial charge in [0.05, 0.1) is 27.6 Å². The number of sulfonamides is 1. The molecule has 1 saturated heterocycles. The summed E-state index contributed by atoms with van der Waals surface area (Å²) < 4.78 is 29.8. The lowest BCUT2D eigenvalue weighted by Crippen LogP contribution is -2.27. The predicted molar refractivity (Wildman–Crippen MR) is 121 cm³/mol. The van der Waals surface area contributed by atoms with Gasteiger partial charge in [-0.1, -0.05) is 30.0 Å². The first-order valence-electron chi connectivity index (χ1n) is 10.7. The molecule has 0 N–H and O–H groups in total. The second-order valence-corrected chi connectivity index (χ2v) is 11.1. The van der Waals surface area contributed by atoms with Crippen LogP contribution in [-0.2, 0) is 22.3 Å². The number of fused-ring (bicyclic) bond motifs is 1. The van der Waals surface area contributed by atoms with Crippen molar-refractivity contribution in [1.29, 1.82) is 5.26 Å². The Balaban J connectivity index is 1.49. The van der Waals surface area contributed by atoms with Crippen LogP contribution in [0.5, 0.6) is 0 Å². The van der Waals surface area contributed by atoms with Gasteiger partial charge in [-0.2, -0.15) is 9.57 Å². The molecule has 0 bridgehead atoms. The van der Waals surface area contributed by atoms with Gasteiger partial charge >= 0.3 is 0 Å². The van der Waals surface area contributed by atoms with Gasteiger partial charge in [0.2, 0.25) is 10.0 Å². The molecule has 5 rings (SSSR count). The highest BCUT2D eigenvalue weighted by Gasteiger charge is 2.29. The van der Waals surface area contributed by atoms with Crippen LogP contribution in [0.3, 0.4) is 0 Å². The van der Waals surface area contributed by atoms with Crippen LogP contribution in [0.25, 0.3) is 11.0 Å². The van der Waals surface area contributed by atoms with Gasteiger partial charge < -0.3 is 4.57 Å². The highest BCUT2D eigenvalue weighted by atomic mass is 32.2. The summed E-state index contributed by atoms with van der Waals surface area (Å²) in [6.45, 7) is 2.09. The van der Waals surface area contributed by atoms with Crippen molar-refractivity contribution in [3.8, 4) is 6.07 Å². The smallest absolute Gasteiger partial charge is 0.243 e. The summed E-state index contributed by atoms with van der Waals surface area (Å²) in [6, 6.07) is 15.2. The first-order chi connectivity index (χ1) is 15.1. The van der Waals surface area contributed by atoms with Gasteiger partial charge in [-0.3, -0.25) is 0 Å². The molecule has 3 aromatic rings.